The molecule has 4 amide bonds. The van der Waals surface area contributed by atoms with E-state index in [0.29, 0.717) is 11.3 Å². The van der Waals surface area contributed by atoms with Gasteiger partial charge in [0.2, 0.25) is 5.91 Å². The molecule has 0 bridgehead atoms. The van der Waals surface area contributed by atoms with Crippen LogP contribution in [0.4, 0.5) is 10.5 Å². The van der Waals surface area contributed by atoms with Crippen molar-refractivity contribution in [1.29, 1.82) is 0 Å². The molecule has 34 heavy (non-hydrogen) atoms. The lowest BCUT2D eigenvalue weighted by Gasteiger charge is -2.12. The van der Waals surface area contributed by atoms with Gasteiger partial charge in [0.25, 0.3) is 5.91 Å². The first kappa shape index (κ1) is 22.5. The summed E-state index contributed by atoms with van der Waals surface area (Å²) in [4.78, 5) is 49.3. The zero-order valence-corrected chi connectivity index (χ0v) is 18.2. The van der Waals surface area contributed by atoms with E-state index in [9.17, 15) is 19.2 Å². The van der Waals surface area contributed by atoms with Crippen molar-refractivity contribution in [3.05, 3.63) is 95.2 Å². The second kappa shape index (κ2) is 9.41. The normalized spacial score (nSPS) is 14.3. The van der Waals surface area contributed by atoms with E-state index in [1.807, 2.05) is 31.2 Å². The smallest absolute Gasteiger partial charge is 0.335 e. The van der Waals surface area contributed by atoms with E-state index in [1.165, 1.54) is 18.2 Å². The van der Waals surface area contributed by atoms with Crippen LogP contribution in [-0.4, -0.2) is 40.4 Å². The lowest BCUT2D eigenvalue weighted by molar-refractivity contribution is -0.127. The van der Waals surface area contributed by atoms with Gasteiger partial charge >= 0.3 is 12.0 Å². The van der Waals surface area contributed by atoms with Gasteiger partial charge in [0.05, 0.1) is 5.56 Å². The second-order valence-corrected chi connectivity index (χ2v) is 7.80. The lowest BCUT2D eigenvalue weighted by atomic mass is 10.0. The Bertz CT molecular complexity index is 1310. The fourth-order valence-electron chi connectivity index (χ4n) is 3.48. The molecule has 170 valence electrons. The summed E-state index contributed by atoms with van der Waals surface area (Å²) in [7, 11) is 0. The Labute approximate surface area is 195 Å². The highest BCUT2D eigenvalue weighted by atomic mass is 16.4. The van der Waals surface area contributed by atoms with Crippen LogP contribution in [0.5, 0.6) is 0 Å². The summed E-state index contributed by atoms with van der Waals surface area (Å²) < 4.78 is 0. The zero-order chi connectivity index (χ0) is 24.2. The van der Waals surface area contributed by atoms with Gasteiger partial charge in [0, 0.05) is 5.69 Å². The predicted octanol–water partition coefficient (Wildman–Crippen LogP) is 3.89. The molecule has 1 aliphatic heterocycles. The van der Waals surface area contributed by atoms with Crippen LogP contribution in [0.25, 0.3) is 17.2 Å². The first-order valence-electron chi connectivity index (χ1n) is 10.4. The van der Waals surface area contributed by atoms with Gasteiger partial charge in [-0.15, -0.1) is 0 Å². The number of urea groups is 1. The highest BCUT2D eigenvalue weighted by Gasteiger charge is 2.34. The molecule has 3 aromatic rings. The Hall–Kier alpha value is -4.72. The quantitative estimate of drug-likeness (QED) is 0.385. The van der Waals surface area contributed by atoms with Crippen molar-refractivity contribution in [3.63, 3.8) is 0 Å². The van der Waals surface area contributed by atoms with Crippen molar-refractivity contribution >= 4 is 35.6 Å². The molecule has 8 nitrogen and oxygen atoms in total. The van der Waals surface area contributed by atoms with Gasteiger partial charge < -0.3 is 15.7 Å². The number of amides is 4. The van der Waals surface area contributed by atoms with Crippen molar-refractivity contribution in [3.8, 4) is 11.1 Å². The number of carboxylic acids is 1. The number of benzene rings is 3. The van der Waals surface area contributed by atoms with Crippen molar-refractivity contribution in [1.82, 2.24) is 10.2 Å². The molecule has 0 radical (unpaired) electrons. The summed E-state index contributed by atoms with van der Waals surface area (Å²) in [5.74, 6) is -2.08. The molecule has 4 rings (SSSR count). The predicted molar refractivity (Wildman–Crippen MR) is 127 cm³/mol. The Morgan fingerprint density at radius 1 is 0.971 bits per heavy atom. The third-order valence-electron chi connectivity index (χ3n) is 5.26. The minimum absolute atomic E-state index is 0.0616. The molecule has 1 aliphatic rings. The first-order valence-corrected chi connectivity index (χ1v) is 10.4. The van der Waals surface area contributed by atoms with Crippen LogP contribution in [0, 0.1) is 6.92 Å². The Morgan fingerprint density at radius 2 is 1.68 bits per heavy atom. The van der Waals surface area contributed by atoms with Crippen molar-refractivity contribution in [2.45, 2.75) is 6.92 Å². The number of nitrogens with one attached hydrogen (secondary N) is 2. The molecule has 0 spiro atoms. The maximum absolute atomic E-state index is 12.7. The number of imide groups is 1. The standard InChI is InChI=1S/C26H21N3O5/c1-16-5-11-21(12-6-16)27-23(30)15-29-24(31)22(28-26(29)34)14-17-3-2-4-20(13-17)18-7-9-19(10-8-18)25(32)33/h2-14H,15H2,1H3,(H,27,30)(H,28,34)(H,32,33)/b22-14-. The molecule has 1 fully saturated rings. The number of hydrogen-bond acceptors (Lipinski definition) is 4. The molecular formula is C26H21N3O5. The molecular weight excluding hydrogens is 434 g/mol. The van der Waals surface area contributed by atoms with Crippen LogP contribution >= 0.6 is 0 Å². The number of anilines is 1. The average molecular weight is 455 g/mol. The fourth-order valence-corrected chi connectivity index (χ4v) is 3.48. The molecule has 0 unspecified atom stereocenters. The summed E-state index contributed by atoms with van der Waals surface area (Å²) in [6.07, 6.45) is 1.53. The number of carbonyl (C=O) groups is 4. The topological polar surface area (TPSA) is 116 Å². The van der Waals surface area contributed by atoms with Crippen molar-refractivity contribution in [2.75, 3.05) is 11.9 Å². The van der Waals surface area contributed by atoms with Gasteiger partial charge in [-0.1, -0.05) is 48.0 Å². The van der Waals surface area contributed by atoms with E-state index in [-0.39, 0.29) is 11.3 Å². The fraction of sp³-hybridized carbons (Fsp3) is 0.0769. The number of aryl methyl sites for hydroxylation is 1. The van der Waals surface area contributed by atoms with E-state index < -0.39 is 30.4 Å². The van der Waals surface area contributed by atoms with Crippen molar-refractivity contribution in [2.24, 2.45) is 0 Å². The highest BCUT2D eigenvalue weighted by Crippen LogP contribution is 2.23. The minimum atomic E-state index is -1.00. The monoisotopic (exact) mass is 455 g/mol. The molecule has 0 saturated carbocycles. The van der Waals surface area contributed by atoms with E-state index in [1.54, 1.807) is 36.4 Å². The van der Waals surface area contributed by atoms with Crippen LogP contribution in [0.3, 0.4) is 0 Å². The number of rotatable bonds is 6. The van der Waals surface area contributed by atoms with Gasteiger partial charge in [0.1, 0.15) is 12.2 Å². The summed E-state index contributed by atoms with van der Waals surface area (Å²) in [6, 6.07) is 20.2. The van der Waals surface area contributed by atoms with E-state index in [0.717, 1.165) is 21.6 Å². The molecule has 8 heteroatoms. The molecule has 0 aliphatic carbocycles. The first-order chi connectivity index (χ1) is 16.3. The summed E-state index contributed by atoms with van der Waals surface area (Å²) >= 11 is 0. The van der Waals surface area contributed by atoms with E-state index in [4.69, 9.17) is 5.11 Å². The zero-order valence-electron chi connectivity index (χ0n) is 18.2. The maximum atomic E-state index is 12.7. The summed E-state index contributed by atoms with van der Waals surface area (Å²) in [5.41, 5.74) is 4.15. The summed E-state index contributed by atoms with van der Waals surface area (Å²) in [5, 5.41) is 14.2. The Morgan fingerprint density at radius 3 is 2.35 bits per heavy atom. The number of hydrogen-bond donors (Lipinski definition) is 3. The van der Waals surface area contributed by atoms with Crippen LogP contribution in [0.1, 0.15) is 21.5 Å². The molecule has 0 atom stereocenters. The SMILES string of the molecule is Cc1ccc(NC(=O)CN2C(=O)N/C(=C\c3cccc(-c4ccc(C(=O)O)cc4)c3)C2=O)cc1. The van der Waals surface area contributed by atoms with E-state index in [2.05, 4.69) is 10.6 Å². The van der Waals surface area contributed by atoms with Crippen LogP contribution in [0.15, 0.2) is 78.5 Å². The number of carbonyl (C=O) groups excluding carboxylic acids is 3. The van der Waals surface area contributed by atoms with Gasteiger partial charge in [-0.05, 0) is 60.0 Å². The van der Waals surface area contributed by atoms with Gasteiger partial charge in [-0.25, -0.2) is 14.5 Å². The Kier molecular flexibility index (Phi) is 6.22. The minimum Gasteiger partial charge on any atom is -0.478 e. The van der Waals surface area contributed by atoms with Gasteiger partial charge in [-0.3, -0.25) is 9.59 Å². The van der Waals surface area contributed by atoms with Crippen LogP contribution in [-0.2, 0) is 9.59 Å². The van der Waals surface area contributed by atoms with E-state index >= 15 is 0 Å². The van der Waals surface area contributed by atoms with Gasteiger partial charge in [0.15, 0.2) is 0 Å². The van der Waals surface area contributed by atoms with Crippen LogP contribution in [0.2, 0.25) is 0 Å². The number of carboxylic acid groups (broad SMARTS) is 1. The molecule has 1 heterocycles. The Balaban J connectivity index is 1.47. The summed E-state index contributed by atoms with van der Waals surface area (Å²) in [6.45, 7) is 1.52. The largest absolute Gasteiger partial charge is 0.478 e. The van der Waals surface area contributed by atoms with Gasteiger partial charge in [-0.2, -0.15) is 0 Å². The third kappa shape index (κ3) is 5.02. The molecule has 3 aromatic carbocycles. The molecule has 0 aromatic heterocycles. The third-order valence-corrected chi connectivity index (χ3v) is 5.26. The molecule has 1 saturated heterocycles. The van der Waals surface area contributed by atoms with Crippen molar-refractivity contribution < 1.29 is 24.3 Å². The highest BCUT2D eigenvalue weighted by molar-refractivity contribution is 6.16. The average Bonchev–Trinajstić information content (AvgIpc) is 3.08. The second-order valence-electron chi connectivity index (χ2n) is 7.80. The number of nitrogens with zero attached hydrogens (tertiary/aromatic N) is 1. The number of aromatic carboxylic acids is 1. The lowest BCUT2D eigenvalue weighted by Crippen LogP contribution is -2.38. The molecule has 3 N–H and O–H groups in total. The maximum Gasteiger partial charge on any atom is 0.335 e. The van der Waals surface area contributed by atoms with Crippen LogP contribution < -0.4 is 10.6 Å².